The van der Waals surface area contributed by atoms with Gasteiger partial charge in [0.05, 0.1) is 0 Å². The SMILES string of the molecule is C[C@@H](NC(=O)c1ccc(C#CC2(O)CCCCC2)cc1)C(=O)O. The van der Waals surface area contributed by atoms with Gasteiger partial charge in [0.25, 0.3) is 5.91 Å². The van der Waals surface area contributed by atoms with Gasteiger partial charge >= 0.3 is 5.97 Å². The van der Waals surface area contributed by atoms with Gasteiger partial charge in [0, 0.05) is 11.1 Å². The number of carbonyl (C=O) groups excluding carboxylic acids is 1. The second-order valence-corrected chi connectivity index (χ2v) is 5.95. The topological polar surface area (TPSA) is 86.6 Å². The van der Waals surface area contributed by atoms with Crippen molar-refractivity contribution in [3.05, 3.63) is 35.4 Å². The van der Waals surface area contributed by atoms with E-state index < -0.39 is 23.5 Å². The van der Waals surface area contributed by atoms with Crippen LogP contribution in [0.1, 0.15) is 54.9 Å². The molecule has 1 amide bonds. The van der Waals surface area contributed by atoms with Crippen LogP contribution in [0.5, 0.6) is 0 Å². The van der Waals surface area contributed by atoms with E-state index in [4.69, 9.17) is 5.11 Å². The lowest BCUT2D eigenvalue weighted by atomic mass is 9.85. The molecule has 0 heterocycles. The Balaban J connectivity index is 2.02. The smallest absolute Gasteiger partial charge is 0.325 e. The molecule has 3 N–H and O–H groups in total. The van der Waals surface area contributed by atoms with E-state index in [9.17, 15) is 14.7 Å². The van der Waals surface area contributed by atoms with Crippen LogP contribution in [0.3, 0.4) is 0 Å². The Morgan fingerprint density at radius 2 is 1.78 bits per heavy atom. The molecule has 5 heteroatoms. The van der Waals surface area contributed by atoms with Gasteiger partial charge in [0.15, 0.2) is 0 Å². The monoisotopic (exact) mass is 315 g/mol. The third kappa shape index (κ3) is 4.83. The Morgan fingerprint density at radius 1 is 1.17 bits per heavy atom. The van der Waals surface area contributed by atoms with Crippen molar-refractivity contribution in [2.45, 2.75) is 50.7 Å². The van der Waals surface area contributed by atoms with Crippen LogP contribution in [0, 0.1) is 11.8 Å². The van der Waals surface area contributed by atoms with E-state index in [1.807, 2.05) is 0 Å². The Bertz CT molecular complexity index is 633. The Hall–Kier alpha value is -2.32. The van der Waals surface area contributed by atoms with Gasteiger partial charge in [-0.25, -0.2) is 0 Å². The number of carboxylic acids is 1. The Labute approximate surface area is 135 Å². The maximum atomic E-state index is 11.9. The summed E-state index contributed by atoms with van der Waals surface area (Å²) in [6.07, 6.45) is 4.53. The summed E-state index contributed by atoms with van der Waals surface area (Å²) < 4.78 is 0. The molecule has 0 radical (unpaired) electrons. The van der Waals surface area contributed by atoms with Crippen molar-refractivity contribution in [1.29, 1.82) is 0 Å². The molecule has 122 valence electrons. The van der Waals surface area contributed by atoms with Gasteiger partial charge in [-0.05, 0) is 56.9 Å². The summed E-state index contributed by atoms with van der Waals surface area (Å²) in [5, 5.41) is 21.5. The van der Waals surface area contributed by atoms with Crippen LogP contribution in [0.15, 0.2) is 24.3 Å². The fourth-order valence-electron chi connectivity index (χ4n) is 2.50. The van der Waals surface area contributed by atoms with E-state index in [-0.39, 0.29) is 0 Å². The lowest BCUT2D eigenvalue weighted by Crippen LogP contribution is -2.38. The summed E-state index contributed by atoms with van der Waals surface area (Å²) in [5.74, 6) is 4.37. The molecule has 1 atom stereocenters. The minimum absolute atomic E-state index is 0.375. The zero-order chi connectivity index (χ0) is 16.9. The molecule has 1 fully saturated rings. The molecule has 1 aromatic rings. The number of benzene rings is 1. The highest BCUT2D eigenvalue weighted by atomic mass is 16.4. The van der Waals surface area contributed by atoms with Crippen LogP contribution in [-0.2, 0) is 4.79 Å². The summed E-state index contributed by atoms with van der Waals surface area (Å²) in [5.41, 5.74) is 0.192. The average Bonchev–Trinajstić information content (AvgIpc) is 2.54. The number of amides is 1. The van der Waals surface area contributed by atoms with Gasteiger partial charge in [-0.15, -0.1) is 0 Å². The normalized spacial score (nSPS) is 17.5. The van der Waals surface area contributed by atoms with Crippen LogP contribution < -0.4 is 5.32 Å². The lowest BCUT2D eigenvalue weighted by molar-refractivity contribution is -0.138. The van der Waals surface area contributed by atoms with E-state index in [1.54, 1.807) is 24.3 Å². The summed E-state index contributed by atoms with van der Waals surface area (Å²) in [4.78, 5) is 22.6. The van der Waals surface area contributed by atoms with Crippen LogP contribution in [0.2, 0.25) is 0 Å². The first-order valence-electron chi connectivity index (χ1n) is 7.79. The summed E-state index contributed by atoms with van der Waals surface area (Å²) >= 11 is 0. The van der Waals surface area contributed by atoms with Gasteiger partial charge in [-0.1, -0.05) is 18.3 Å². The third-order valence-electron chi connectivity index (χ3n) is 3.99. The van der Waals surface area contributed by atoms with E-state index in [0.717, 1.165) is 19.3 Å². The first-order valence-corrected chi connectivity index (χ1v) is 7.79. The van der Waals surface area contributed by atoms with Gasteiger partial charge in [0.2, 0.25) is 0 Å². The number of carboxylic acid groups (broad SMARTS) is 1. The number of rotatable bonds is 3. The summed E-state index contributed by atoms with van der Waals surface area (Å²) in [7, 11) is 0. The van der Waals surface area contributed by atoms with Gasteiger partial charge < -0.3 is 15.5 Å². The van der Waals surface area contributed by atoms with E-state index in [1.165, 1.54) is 6.92 Å². The van der Waals surface area contributed by atoms with Crippen molar-refractivity contribution in [2.75, 3.05) is 0 Å². The number of aliphatic carboxylic acids is 1. The number of nitrogens with one attached hydrogen (secondary N) is 1. The summed E-state index contributed by atoms with van der Waals surface area (Å²) in [6.45, 7) is 1.41. The van der Waals surface area contributed by atoms with Crippen LogP contribution in [0.25, 0.3) is 0 Å². The minimum atomic E-state index is -1.08. The largest absolute Gasteiger partial charge is 0.480 e. The quantitative estimate of drug-likeness (QED) is 0.744. The standard InChI is InChI=1S/C18H21NO4/c1-13(17(21)22)19-16(20)15-7-5-14(6-8-15)9-12-18(23)10-3-2-4-11-18/h5-8,13,23H,2-4,10-11H2,1H3,(H,19,20)(H,21,22)/t13-/m1/s1. The predicted octanol–water partition coefficient (Wildman–Crippen LogP) is 1.94. The zero-order valence-electron chi connectivity index (χ0n) is 13.1. The van der Waals surface area contributed by atoms with Crippen molar-refractivity contribution in [1.82, 2.24) is 5.32 Å². The molecule has 0 aliphatic heterocycles. The lowest BCUT2D eigenvalue weighted by Gasteiger charge is -2.26. The molecule has 1 aliphatic carbocycles. The highest BCUT2D eigenvalue weighted by Gasteiger charge is 2.26. The molecule has 0 unspecified atom stereocenters. The van der Waals surface area contributed by atoms with Crippen molar-refractivity contribution >= 4 is 11.9 Å². The molecule has 0 saturated heterocycles. The van der Waals surface area contributed by atoms with Crippen molar-refractivity contribution in [2.24, 2.45) is 0 Å². The van der Waals surface area contributed by atoms with Gasteiger partial charge in [-0.2, -0.15) is 0 Å². The molecule has 0 aromatic heterocycles. The highest BCUT2D eigenvalue weighted by Crippen LogP contribution is 2.27. The van der Waals surface area contributed by atoms with Crippen LogP contribution in [0.4, 0.5) is 0 Å². The Morgan fingerprint density at radius 3 is 2.35 bits per heavy atom. The average molecular weight is 315 g/mol. The van der Waals surface area contributed by atoms with E-state index >= 15 is 0 Å². The number of hydrogen-bond acceptors (Lipinski definition) is 3. The van der Waals surface area contributed by atoms with Crippen molar-refractivity contribution in [3.63, 3.8) is 0 Å². The fourth-order valence-corrected chi connectivity index (χ4v) is 2.50. The minimum Gasteiger partial charge on any atom is -0.480 e. The first kappa shape index (κ1) is 17.0. The molecular weight excluding hydrogens is 294 g/mol. The Kier molecular flexibility index (Phi) is 5.41. The molecule has 0 bridgehead atoms. The number of aliphatic hydroxyl groups is 1. The van der Waals surface area contributed by atoms with Crippen molar-refractivity contribution < 1.29 is 19.8 Å². The predicted molar refractivity (Wildman–Crippen MR) is 85.9 cm³/mol. The third-order valence-corrected chi connectivity index (χ3v) is 3.99. The van der Waals surface area contributed by atoms with E-state index in [2.05, 4.69) is 17.2 Å². The fraction of sp³-hybridized carbons (Fsp3) is 0.444. The first-order chi connectivity index (χ1) is 10.9. The molecule has 1 aromatic carbocycles. The maximum Gasteiger partial charge on any atom is 0.325 e. The molecular formula is C18H21NO4. The second kappa shape index (κ2) is 7.30. The zero-order valence-corrected chi connectivity index (χ0v) is 13.1. The molecule has 1 aliphatic rings. The van der Waals surface area contributed by atoms with E-state index in [0.29, 0.717) is 24.0 Å². The molecule has 5 nitrogen and oxygen atoms in total. The molecule has 1 saturated carbocycles. The number of carbonyl (C=O) groups is 2. The summed E-state index contributed by atoms with van der Waals surface area (Å²) in [6, 6.07) is 5.64. The van der Waals surface area contributed by atoms with Gasteiger partial charge in [0.1, 0.15) is 11.6 Å². The van der Waals surface area contributed by atoms with Crippen LogP contribution >= 0.6 is 0 Å². The molecule has 0 spiro atoms. The van der Waals surface area contributed by atoms with Gasteiger partial charge in [-0.3, -0.25) is 9.59 Å². The highest BCUT2D eigenvalue weighted by molar-refractivity contribution is 5.96. The van der Waals surface area contributed by atoms with Crippen LogP contribution in [-0.4, -0.2) is 33.7 Å². The number of hydrogen-bond donors (Lipinski definition) is 3. The second-order valence-electron chi connectivity index (χ2n) is 5.95. The maximum absolute atomic E-state index is 11.9. The molecule has 23 heavy (non-hydrogen) atoms. The molecule has 2 rings (SSSR count). The van der Waals surface area contributed by atoms with Crippen molar-refractivity contribution in [3.8, 4) is 11.8 Å².